The standard InChI is InChI=1S/C17H31N3O/c1-4-17(21-3)16(18-5-2)13-14-11-12-20(19-14)15-9-7-6-8-10-15/h11-12,15-18H,4-10,13H2,1-3H3. The van der Waals surface area contributed by atoms with Gasteiger partial charge in [-0.15, -0.1) is 0 Å². The van der Waals surface area contributed by atoms with Crippen LogP contribution >= 0.6 is 0 Å². The summed E-state index contributed by atoms with van der Waals surface area (Å²) in [6.45, 7) is 5.29. The van der Waals surface area contributed by atoms with Gasteiger partial charge >= 0.3 is 0 Å². The summed E-state index contributed by atoms with van der Waals surface area (Å²) in [6, 6.07) is 3.15. The van der Waals surface area contributed by atoms with Crippen LogP contribution in [0.2, 0.25) is 0 Å². The molecule has 0 radical (unpaired) electrons. The predicted molar refractivity (Wildman–Crippen MR) is 86.6 cm³/mol. The van der Waals surface area contributed by atoms with Crippen molar-refractivity contribution < 1.29 is 4.74 Å². The molecule has 21 heavy (non-hydrogen) atoms. The number of hydrogen-bond donors (Lipinski definition) is 1. The molecule has 4 heteroatoms. The number of rotatable bonds is 8. The Morgan fingerprint density at radius 3 is 2.71 bits per heavy atom. The van der Waals surface area contributed by atoms with E-state index in [1.807, 2.05) is 0 Å². The molecular weight excluding hydrogens is 262 g/mol. The lowest BCUT2D eigenvalue weighted by atomic mass is 9.96. The fraction of sp³-hybridized carbons (Fsp3) is 0.824. The number of nitrogens with zero attached hydrogens (tertiary/aromatic N) is 2. The van der Waals surface area contributed by atoms with Gasteiger partial charge in [-0.05, 0) is 31.9 Å². The van der Waals surface area contributed by atoms with Crippen molar-refractivity contribution in [2.45, 2.75) is 77.0 Å². The van der Waals surface area contributed by atoms with Crippen LogP contribution in [0, 0.1) is 0 Å². The fourth-order valence-electron chi connectivity index (χ4n) is 3.47. The molecule has 1 aromatic heterocycles. The summed E-state index contributed by atoms with van der Waals surface area (Å²) in [7, 11) is 1.80. The molecule has 2 atom stereocenters. The first-order chi connectivity index (χ1) is 10.3. The zero-order valence-corrected chi connectivity index (χ0v) is 13.8. The molecule has 0 spiro atoms. The smallest absolute Gasteiger partial charge is 0.0725 e. The van der Waals surface area contributed by atoms with Gasteiger partial charge in [0, 0.05) is 25.8 Å². The molecule has 120 valence electrons. The van der Waals surface area contributed by atoms with E-state index >= 15 is 0 Å². The highest BCUT2D eigenvalue weighted by atomic mass is 16.5. The lowest BCUT2D eigenvalue weighted by Crippen LogP contribution is -2.42. The van der Waals surface area contributed by atoms with E-state index in [1.165, 1.54) is 37.8 Å². The maximum Gasteiger partial charge on any atom is 0.0725 e. The van der Waals surface area contributed by atoms with Crippen molar-refractivity contribution in [2.75, 3.05) is 13.7 Å². The number of aromatic nitrogens is 2. The van der Waals surface area contributed by atoms with Crippen LogP contribution in [0.5, 0.6) is 0 Å². The number of likely N-dealkylation sites (N-methyl/N-ethyl adjacent to an activating group) is 1. The summed E-state index contributed by atoms with van der Waals surface area (Å²) < 4.78 is 7.81. The van der Waals surface area contributed by atoms with Crippen LogP contribution in [-0.2, 0) is 11.2 Å². The third kappa shape index (κ3) is 4.55. The van der Waals surface area contributed by atoms with Gasteiger partial charge in [0.1, 0.15) is 0 Å². The summed E-state index contributed by atoms with van der Waals surface area (Å²) in [5.74, 6) is 0. The topological polar surface area (TPSA) is 39.1 Å². The second-order valence-electron chi connectivity index (χ2n) is 6.13. The Bertz CT molecular complexity index is 394. The predicted octanol–water partition coefficient (Wildman–Crippen LogP) is 3.33. The minimum atomic E-state index is 0.254. The van der Waals surface area contributed by atoms with Gasteiger partial charge in [-0.2, -0.15) is 5.10 Å². The first-order valence-corrected chi connectivity index (χ1v) is 8.58. The van der Waals surface area contributed by atoms with E-state index in [0.717, 1.165) is 19.4 Å². The SMILES string of the molecule is CCNC(Cc1ccn(C2CCCCC2)n1)C(CC)OC. The van der Waals surface area contributed by atoms with Gasteiger partial charge in [0.25, 0.3) is 0 Å². The average Bonchev–Trinajstić information content (AvgIpc) is 2.98. The Kier molecular flexibility index (Phi) is 6.71. The molecule has 1 saturated carbocycles. The molecule has 0 aromatic carbocycles. The number of ether oxygens (including phenoxy) is 1. The molecule has 4 nitrogen and oxygen atoms in total. The Morgan fingerprint density at radius 2 is 2.10 bits per heavy atom. The van der Waals surface area contributed by atoms with Gasteiger partial charge in [-0.1, -0.05) is 33.1 Å². The molecule has 0 aliphatic heterocycles. The molecule has 1 aromatic rings. The van der Waals surface area contributed by atoms with Crippen molar-refractivity contribution in [3.63, 3.8) is 0 Å². The highest BCUT2D eigenvalue weighted by Gasteiger charge is 2.21. The molecule has 1 fully saturated rings. The average molecular weight is 293 g/mol. The van der Waals surface area contributed by atoms with E-state index in [4.69, 9.17) is 9.84 Å². The third-order valence-corrected chi connectivity index (χ3v) is 4.66. The van der Waals surface area contributed by atoms with E-state index in [2.05, 4.69) is 36.1 Å². The first-order valence-electron chi connectivity index (χ1n) is 8.58. The number of hydrogen-bond acceptors (Lipinski definition) is 3. The van der Waals surface area contributed by atoms with Gasteiger partial charge in [-0.3, -0.25) is 4.68 Å². The van der Waals surface area contributed by atoms with Crippen molar-refractivity contribution in [3.05, 3.63) is 18.0 Å². The van der Waals surface area contributed by atoms with Crippen LogP contribution in [-0.4, -0.2) is 35.6 Å². The van der Waals surface area contributed by atoms with Gasteiger partial charge in [0.2, 0.25) is 0 Å². The van der Waals surface area contributed by atoms with E-state index in [9.17, 15) is 0 Å². The van der Waals surface area contributed by atoms with Crippen molar-refractivity contribution in [1.82, 2.24) is 15.1 Å². The summed E-state index contributed by atoms with van der Waals surface area (Å²) in [5.41, 5.74) is 1.18. The van der Waals surface area contributed by atoms with Crippen molar-refractivity contribution in [3.8, 4) is 0 Å². The molecule has 1 aliphatic carbocycles. The first kappa shape index (κ1) is 16.5. The zero-order valence-electron chi connectivity index (χ0n) is 13.8. The molecule has 1 N–H and O–H groups in total. The second kappa shape index (κ2) is 8.54. The van der Waals surface area contributed by atoms with E-state index in [1.54, 1.807) is 7.11 Å². The molecule has 0 bridgehead atoms. The molecular formula is C17H31N3O. The van der Waals surface area contributed by atoms with Crippen molar-refractivity contribution >= 4 is 0 Å². The number of nitrogens with one attached hydrogen (secondary N) is 1. The maximum absolute atomic E-state index is 5.61. The normalized spacial score (nSPS) is 19.6. The molecule has 2 rings (SSSR count). The molecule has 0 amide bonds. The Balaban J connectivity index is 1.98. The van der Waals surface area contributed by atoms with Crippen LogP contribution in [0.3, 0.4) is 0 Å². The van der Waals surface area contributed by atoms with E-state index in [0.29, 0.717) is 12.1 Å². The highest BCUT2D eigenvalue weighted by molar-refractivity contribution is 5.03. The third-order valence-electron chi connectivity index (χ3n) is 4.66. The lowest BCUT2D eigenvalue weighted by molar-refractivity contribution is 0.0655. The van der Waals surface area contributed by atoms with Crippen LogP contribution < -0.4 is 5.32 Å². The highest BCUT2D eigenvalue weighted by Crippen LogP contribution is 2.27. The Hall–Kier alpha value is -0.870. The molecule has 1 heterocycles. The van der Waals surface area contributed by atoms with Gasteiger partial charge in [-0.25, -0.2) is 0 Å². The minimum Gasteiger partial charge on any atom is -0.380 e. The monoisotopic (exact) mass is 293 g/mol. The molecule has 1 aliphatic rings. The van der Waals surface area contributed by atoms with Gasteiger partial charge in [0.05, 0.1) is 17.8 Å². The van der Waals surface area contributed by atoms with Crippen molar-refractivity contribution in [1.29, 1.82) is 0 Å². The summed E-state index contributed by atoms with van der Waals surface area (Å²) in [6.07, 6.45) is 11.0. The van der Waals surface area contributed by atoms with Crippen LogP contribution in [0.25, 0.3) is 0 Å². The Labute approximate surface area is 129 Å². The second-order valence-corrected chi connectivity index (χ2v) is 6.13. The van der Waals surface area contributed by atoms with Gasteiger partial charge < -0.3 is 10.1 Å². The summed E-state index contributed by atoms with van der Waals surface area (Å²) >= 11 is 0. The largest absolute Gasteiger partial charge is 0.380 e. The molecule has 2 unspecified atom stereocenters. The van der Waals surface area contributed by atoms with Crippen molar-refractivity contribution in [2.24, 2.45) is 0 Å². The zero-order chi connectivity index (χ0) is 15.1. The van der Waals surface area contributed by atoms with E-state index in [-0.39, 0.29) is 6.10 Å². The number of methoxy groups -OCH3 is 1. The molecule has 0 saturated heterocycles. The van der Waals surface area contributed by atoms with E-state index < -0.39 is 0 Å². The van der Waals surface area contributed by atoms with Crippen LogP contribution in [0.15, 0.2) is 12.3 Å². The van der Waals surface area contributed by atoms with Crippen LogP contribution in [0.1, 0.15) is 64.1 Å². The minimum absolute atomic E-state index is 0.254. The lowest BCUT2D eigenvalue weighted by Gasteiger charge is -2.25. The quantitative estimate of drug-likeness (QED) is 0.799. The summed E-state index contributed by atoms with van der Waals surface area (Å²) in [4.78, 5) is 0. The Morgan fingerprint density at radius 1 is 1.33 bits per heavy atom. The fourth-order valence-corrected chi connectivity index (χ4v) is 3.47. The van der Waals surface area contributed by atoms with Crippen LogP contribution in [0.4, 0.5) is 0 Å². The summed E-state index contributed by atoms with van der Waals surface area (Å²) in [5, 5.41) is 8.38. The maximum atomic E-state index is 5.61. The van der Waals surface area contributed by atoms with Gasteiger partial charge in [0.15, 0.2) is 0 Å².